The number of carbonyl (C=O) groups is 1. The molecule has 2 atom stereocenters. The van der Waals surface area contributed by atoms with E-state index < -0.39 is 17.8 Å². The molecule has 1 amide bonds. The number of fused-ring (bicyclic) bond motifs is 3. The Balaban J connectivity index is 1.36. The maximum Gasteiger partial charge on any atom is 0.349 e. The van der Waals surface area contributed by atoms with E-state index in [0.29, 0.717) is 37.0 Å². The van der Waals surface area contributed by atoms with Gasteiger partial charge in [0.1, 0.15) is 5.82 Å². The molecule has 0 unspecified atom stereocenters. The molecule has 9 nitrogen and oxygen atoms in total. The van der Waals surface area contributed by atoms with Gasteiger partial charge in [-0.3, -0.25) is 9.36 Å². The van der Waals surface area contributed by atoms with Crippen molar-refractivity contribution in [2.75, 3.05) is 49.6 Å². The molecule has 1 saturated carbocycles. The van der Waals surface area contributed by atoms with Crippen LogP contribution in [0.15, 0.2) is 53.6 Å². The highest BCUT2D eigenvalue weighted by Gasteiger charge is 2.49. The third-order valence-electron chi connectivity index (χ3n) is 10.8. The van der Waals surface area contributed by atoms with Gasteiger partial charge in [-0.15, -0.1) is 0 Å². The number of piperazine rings is 1. The Hall–Kier alpha value is -3.94. The van der Waals surface area contributed by atoms with Crippen LogP contribution in [0.4, 0.5) is 15.9 Å². The van der Waals surface area contributed by atoms with Crippen molar-refractivity contribution in [2.45, 2.75) is 69.1 Å². The van der Waals surface area contributed by atoms with Gasteiger partial charge in [0.05, 0.1) is 30.1 Å². The van der Waals surface area contributed by atoms with E-state index in [9.17, 15) is 19.2 Å². The zero-order valence-electron chi connectivity index (χ0n) is 26.2. The number of carbonyl (C=O) groups excluding carboxylic acids is 1. The molecular formula is C35H39ClFN7O2. The number of likely N-dealkylation sites (tertiary alicyclic amines) is 1. The van der Waals surface area contributed by atoms with Gasteiger partial charge >= 0.3 is 5.69 Å². The van der Waals surface area contributed by atoms with Crippen LogP contribution >= 0.6 is 11.6 Å². The van der Waals surface area contributed by atoms with Crippen LogP contribution in [0.25, 0.3) is 10.8 Å². The fourth-order valence-electron chi connectivity index (χ4n) is 8.29. The topological polar surface area (TPSA) is 88.7 Å². The third-order valence-corrected chi connectivity index (χ3v) is 11.1. The molecule has 1 spiro atoms. The van der Waals surface area contributed by atoms with Crippen LogP contribution in [0.3, 0.4) is 0 Å². The first-order valence-corrected chi connectivity index (χ1v) is 16.6. The summed E-state index contributed by atoms with van der Waals surface area (Å²) in [6, 6.07) is 14.1. The Morgan fingerprint density at radius 3 is 2.59 bits per heavy atom. The van der Waals surface area contributed by atoms with Gasteiger partial charge in [0, 0.05) is 66.5 Å². The van der Waals surface area contributed by atoms with E-state index in [4.69, 9.17) is 16.6 Å². The molecule has 4 heterocycles. The zero-order valence-corrected chi connectivity index (χ0v) is 27.0. The van der Waals surface area contributed by atoms with Crippen molar-refractivity contribution in [1.82, 2.24) is 19.4 Å². The molecule has 240 valence electrons. The van der Waals surface area contributed by atoms with E-state index >= 15 is 0 Å². The zero-order chi connectivity index (χ0) is 32.2. The summed E-state index contributed by atoms with van der Waals surface area (Å²) < 4.78 is 15.8. The van der Waals surface area contributed by atoms with Gasteiger partial charge in [-0.25, -0.2) is 9.18 Å². The quantitative estimate of drug-likeness (QED) is 0.350. The van der Waals surface area contributed by atoms with Gasteiger partial charge < -0.3 is 19.6 Å². The standard InChI is InChI=1S/C35H39ClFN7O2/c1-23(37)33(45)43-18-17-41(19-26(43)12-15-38)32-31-29(44(34(46)39-32)20-25-9-5-16-40(25)2)21-42(22-35(31)13-6-14-35)28-11-4-8-24-7-3-10-27(36)30(24)28/h3-4,7-8,10-11,25-26H,1,5-6,9,12-14,16-22H2,2H3/t25-,26-/m0/s1. The number of halogens is 2. The largest absolute Gasteiger partial charge is 0.364 e. The van der Waals surface area contributed by atoms with Gasteiger partial charge in [0.15, 0.2) is 5.83 Å². The molecule has 3 fully saturated rings. The van der Waals surface area contributed by atoms with Gasteiger partial charge in [-0.05, 0) is 56.8 Å². The number of amides is 1. The first kappa shape index (κ1) is 30.7. The lowest BCUT2D eigenvalue weighted by molar-refractivity contribution is -0.131. The molecule has 46 heavy (non-hydrogen) atoms. The number of hydrogen-bond acceptors (Lipinski definition) is 7. The van der Waals surface area contributed by atoms with E-state index in [1.165, 1.54) is 4.90 Å². The summed E-state index contributed by atoms with van der Waals surface area (Å²) in [6.45, 7) is 6.96. The maximum absolute atomic E-state index is 14.1. The number of anilines is 2. The molecule has 3 aromatic rings. The van der Waals surface area contributed by atoms with E-state index in [1.807, 2.05) is 16.7 Å². The number of rotatable bonds is 6. The number of aromatic nitrogens is 2. The molecule has 0 radical (unpaired) electrons. The summed E-state index contributed by atoms with van der Waals surface area (Å²) in [5.41, 5.74) is 2.66. The highest BCUT2D eigenvalue weighted by Crippen LogP contribution is 2.52. The number of nitrogens with zero attached hydrogens (tertiary/aromatic N) is 7. The summed E-state index contributed by atoms with van der Waals surface area (Å²) in [5.74, 6) is -1.17. The normalized spacial score (nSPS) is 22.5. The number of benzene rings is 2. The molecule has 0 bridgehead atoms. The Labute approximate surface area is 273 Å². The van der Waals surface area contributed by atoms with Crippen molar-refractivity contribution in [3.05, 3.63) is 75.6 Å². The van der Waals surface area contributed by atoms with Crippen LogP contribution in [0, 0.1) is 11.3 Å². The predicted octanol–water partition coefficient (Wildman–Crippen LogP) is 5.00. The number of hydrogen-bond donors (Lipinski definition) is 0. The Kier molecular flexibility index (Phi) is 8.02. The SMILES string of the molecule is C=C(F)C(=O)N1CCN(c2nc(=O)n(C[C@@H]3CCCN3C)c3c2C2(CCC2)CN(c2cccc4cccc(Cl)c24)C3)C[C@@H]1CC#N. The van der Waals surface area contributed by atoms with Gasteiger partial charge in [-0.2, -0.15) is 10.2 Å². The minimum atomic E-state index is -1.03. The van der Waals surface area contributed by atoms with E-state index in [1.54, 1.807) is 0 Å². The summed E-state index contributed by atoms with van der Waals surface area (Å²) in [7, 11) is 2.12. The van der Waals surface area contributed by atoms with Crippen LogP contribution in [-0.2, 0) is 23.3 Å². The van der Waals surface area contributed by atoms with Gasteiger partial charge in [0.2, 0.25) is 0 Å². The Morgan fingerprint density at radius 1 is 1.13 bits per heavy atom. The maximum atomic E-state index is 14.1. The molecule has 1 aromatic heterocycles. The van der Waals surface area contributed by atoms with Crippen molar-refractivity contribution < 1.29 is 9.18 Å². The lowest BCUT2D eigenvalue weighted by Gasteiger charge is -2.52. The Morgan fingerprint density at radius 2 is 1.91 bits per heavy atom. The fourth-order valence-corrected chi connectivity index (χ4v) is 8.56. The average Bonchev–Trinajstić information content (AvgIpc) is 3.44. The number of likely N-dealkylation sites (N-methyl/N-ethyl adjacent to an activating group) is 1. The molecule has 11 heteroatoms. The smallest absolute Gasteiger partial charge is 0.349 e. The molecular weight excluding hydrogens is 605 g/mol. The van der Waals surface area contributed by atoms with E-state index in [0.717, 1.165) is 72.9 Å². The van der Waals surface area contributed by atoms with Crippen molar-refractivity contribution in [3.63, 3.8) is 0 Å². The third kappa shape index (κ3) is 5.14. The first-order valence-electron chi connectivity index (χ1n) is 16.2. The monoisotopic (exact) mass is 643 g/mol. The second kappa shape index (κ2) is 12.0. The van der Waals surface area contributed by atoms with Crippen LogP contribution in [0.5, 0.6) is 0 Å². The number of nitriles is 1. The molecule has 4 aliphatic rings. The van der Waals surface area contributed by atoms with Crippen molar-refractivity contribution >= 4 is 39.8 Å². The summed E-state index contributed by atoms with van der Waals surface area (Å²) >= 11 is 6.82. The average molecular weight is 644 g/mol. The summed E-state index contributed by atoms with van der Waals surface area (Å²) in [5, 5.41) is 12.4. The molecule has 0 N–H and O–H groups in total. The van der Waals surface area contributed by atoms with Gasteiger partial charge in [-0.1, -0.05) is 48.9 Å². The second-order valence-corrected chi connectivity index (χ2v) is 13.8. The highest BCUT2D eigenvalue weighted by atomic mass is 35.5. The van der Waals surface area contributed by atoms with Crippen LogP contribution in [0.2, 0.25) is 5.02 Å². The van der Waals surface area contributed by atoms with Crippen molar-refractivity contribution in [3.8, 4) is 6.07 Å². The second-order valence-electron chi connectivity index (χ2n) is 13.4. The lowest BCUT2D eigenvalue weighted by atomic mass is 9.62. The van der Waals surface area contributed by atoms with Crippen LogP contribution in [-0.4, -0.2) is 77.1 Å². The minimum absolute atomic E-state index is 0.0452. The van der Waals surface area contributed by atoms with Crippen molar-refractivity contribution in [1.29, 1.82) is 5.26 Å². The van der Waals surface area contributed by atoms with Gasteiger partial charge in [0.25, 0.3) is 5.91 Å². The fraction of sp³-hybridized carbons (Fsp3) is 0.486. The molecule has 2 saturated heterocycles. The lowest BCUT2D eigenvalue weighted by Crippen LogP contribution is -2.58. The molecule has 3 aliphatic heterocycles. The first-order chi connectivity index (χ1) is 22.2. The van der Waals surface area contributed by atoms with Crippen LogP contribution < -0.4 is 15.5 Å². The summed E-state index contributed by atoms with van der Waals surface area (Å²) in [6.07, 6.45) is 5.18. The van der Waals surface area contributed by atoms with Crippen molar-refractivity contribution in [2.24, 2.45) is 0 Å². The van der Waals surface area contributed by atoms with E-state index in [2.05, 4.69) is 58.7 Å². The van der Waals surface area contributed by atoms with E-state index in [-0.39, 0.29) is 30.1 Å². The molecule has 2 aromatic carbocycles. The Bertz CT molecular complexity index is 1810. The summed E-state index contributed by atoms with van der Waals surface area (Å²) in [4.78, 5) is 39.8. The predicted molar refractivity (Wildman–Crippen MR) is 178 cm³/mol. The molecule has 7 rings (SSSR count). The molecule has 1 aliphatic carbocycles. The minimum Gasteiger partial charge on any atom is -0.364 e. The highest BCUT2D eigenvalue weighted by molar-refractivity contribution is 6.36. The van der Waals surface area contributed by atoms with Crippen LogP contribution in [0.1, 0.15) is 49.8 Å².